The van der Waals surface area contributed by atoms with Gasteiger partial charge in [-0.05, 0) is 36.1 Å². The van der Waals surface area contributed by atoms with Crippen molar-refractivity contribution < 1.29 is 18.4 Å². The summed E-state index contributed by atoms with van der Waals surface area (Å²) in [5.41, 5.74) is 0.512. The summed E-state index contributed by atoms with van der Waals surface area (Å²) in [5.74, 6) is -2.36. The van der Waals surface area contributed by atoms with Crippen LogP contribution in [-0.2, 0) is 9.59 Å². The quantitative estimate of drug-likeness (QED) is 0.746. The molecular formula is C19H27F2N3O2. The molecule has 144 valence electrons. The third kappa shape index (κ3) is 6.05. The lowest BCUT2D eigenvalue weighted by molar-refractivity contribution is -0.127. The van der Waals surface area contributed by atoms with Crippen molar-refractivity contribution in [3.8, 4) is 0 Å². The van der Waals surface area contributed by atoms with Crippen LogP contribution in [0.1, 0.15) is 45.1 Å². The maximum absolute atomic E-state index is 13.5. The molecule has 0 aromatic heterocycles. The van der Waals surface area contributed by atoms with Crippen molar-refractivity contribution in [2.75, 3.05) is 19.6 Å². The van der Waals surface area contributed by atoms with Crippen molar-refractivity contribution in [2.24, 2.45) is 5.41 Å². The first kappa shape index (κ1) is 20.3. The highest BCUT2D eigenvalue weighted by Gasteiger charge is 2.28. The Morgan fingerprint density at radius 1 is 1.19 bits per heavy atom. The highest BCUT2D eigenvalue weighted by Crippen LogP contribution is 2.27. The highest BCUT2D eigenvalue weighted by atomic mass is 19.2. The molecule has 7 heteroatoms. The van der Waals surface area contributed by atoms with E-state index in [4.69, 9.17) is 0 Å². The van der Waals surface area contributed by atoms with Crippen LogP contribution in [0.25, 0.3) is 0 Å². The Morgan fingerprint density at radius 2 is 1.92 bits per heavy atom. The van der Waals surface area contributed by atoms with Gasteiger partial charge in [0.2, 0.25) is 11.8 Å². The molecule has 5 nitrogen and oxygen atoms in total. The van der Waals surface area contributed by atoms with E-state index in [-0.39, 0.29) is 35.7 Å². The maximum atomic E-state index is 13.5. The number of hydrogen-bond donors (Lipinski definition) is 3. The molecule has 0 radical (unpaired) electrons. The fourth-order valence-corrected chi connectivity index (χ4v) is 3.13. The van der Waals surface area contributed by atoms with Crippen molar-refractivity contribution in [1.29, 1.82) is 0 Å². The lowest BCUT2D eigenvalue weighted by Crippen LogP contribution is -2.52. The van der Waals surface area contributed by atoms with Gasteiger partial charge in [0.1, 0.15) is 0 Å². The second kappa shape index (κ2) is 8.58. The van der Waals surface area contributed by atoms with Gasteiger partial charge in [-0.25, -0.2) is 8.78 Å². The second-order valence-electron chi connectivity index (χ2n) is 7.96. The molecule has 0 bridgehead atoms. The normalized spacial score (nSPS) is 20.5. The van der Waals surface area contributed by atoms with Crippen molar-refractivity contribution in [1.82, 2.24) is 16.0 Å². The summed E-state index contributed by atoms with van der Waals surface area (Å²) in [6, 6.07) is 3.60. The third-order valence-electron chi connectivity index (χ3n) is 4.34. The SMILES string of the molecule is CC(C)(C)CC(=O)NCC(=O)NC1CNCCC1c1ccc(F)c(F)c1. The van der Waals surface area contributed by atoms with Gasteiger partial charge in [0.15, 0.2) is 11.6 Å². The summed E-state index contributed by atoms with van der Waals surface area (Å²) in [5, 5.41) is 8.70. The molecule has 2 atom stereocenters. The maximum Gasteiger partial charge on any atom is 0.239 e. The van der Waals surface area contributed by atoms with Gasteiger partial charge >= 0.3 is 0 Å². The van der Waals surface area contributed by atoms with E-state index in [1.165, 1.54) is 6.07 Å². The molecule has 0 spiro atoms. The fraction of sp³-hybridized carbons (Fsp3) is 0.579. The minimum Gasteiger partial charge on any atom is -0.350 e. The Bertz CT molecular complexity index is 659. The molecule has 2 unspecified atom stereocenters. The van der Waals surface area contributed by atoms with E-state index in [0.717, 1.165) is 12.6 Å². The van der Waals surface area contributed by atoms with E-state index in [1.54, 1.807) is 6.07 Å². The number of rotatable bonds is 5. The fourth-order valence-electron chi connectivity index (χ4n) is 3.13. The van der Waals surface area contributed by atoms with Crippen LogP contribution >= 0.6 is 0 Å². The Balaban J connectivity index is 1.94. The molecule has 1 aliphatic heterocycles. The first-order valence-corrected chi connectivity index (χ1v) is 8.87. The molecule has 2 rings (SSSR count). The number of carbonyl (C=O) groups excluding carboxylic acids is 2. The summed E-state index contributed by atoms with van der Waals surface area (Å²) in [4.78, 5) is 24.0. The zero-order valence-electron chi connectivity index (χ0n) is 15.5. The molecule has 3 N–H and O–H groups in total. The standard InChI is InChI=1S/C19H27F2N3O2/c1-19(2,3)9-17(25)23-11-18(26)24-16-10-22-7-6-13(16)12-4-5-14(20)15(21)8-12/h4-5,8,13,16,22H,6-7,9-11H2,1-3H3,(H,23,25)(H,24,26). The van der Waals surface area contributed by atoms with Gasteiger partial charge in [-0.3, -0.25) is 9.59 Å². The predicted molar refractivity (Wildman–Crippen MR) is 95.6 cm³/mol. The molecule has 1 aliphatic rings. The summed E-state index contributed by atoms with van der Waals surface area (Å²) in [6.07, 6.45) is 1.04. The smallest absolute Gasteiger partial charge is 0.239 e. The van der Waals surface area contributed by atoms with E-state index in [9.17, 15) is 18.4 Å². The molecule has 26 heavy (non-hydrogen) atoms. The number of piperidine rings is 1. The summed E-state index contributed by atoms with van der Waals surface area (Å²) < 4.78 is 26.7. The topological polar surface area (TPSA) is 70.2 Å². The van der Waals surface area contributed by atoms with Crippen molar-refractivity contribution in [2.45, 2.75) is 45.6 Å². The van der Waals surface area contributed by atoms with Gasteiger partial charge in [0.25, 0.3) is 0 Å². The minimum absolute atomic E-state index is 0.101. The van der Waals surface area contributed by atoms with Crippen LogP contribution < -0.4 is 16.0 Å². The molecule has 1 heterocycles. The zero-order chi connectivity index (χ0) is 19.3. The van der Waals surface area contributed by atoms with Crippen molar-refractivity contribution in [3.63, 3.8) is 0 Å². The Labute approximate surface area is 152 Å². The van der Waals surface area contributed by atoms with Crippen LogP contribution in [0.3, 0.4) is 0 Å². The minimum atomic E-state index is -0.888. The average molecular weight is 367 g/mol. The van der Waals surface area contributed by atoms with Crippen molar-refractivity contribution >= 4 is 11.8 Å². The lowest BCUT2D eigenvalue weighted by Gasteiger charge is -2.33. The number of nitrogens with one attached hydrogen (secondary N) is 3. The Hall–Kier alpha value is -2.02. The van der Waals surface area contributed by atoms with Crippen LogP contribution in [0.5, 0.6) is 0 Å². The van der Waals surface area contributed by atoms with Gasteiger partial charge in [-0.2, -0.15) is 0 Å². The van der Waals surface area contributed by atoms with E-state index in [1.807, 2.05) is 20.8 Å². The van der Waals surface area contributed by atoms with Crippen LogP contribution in [0, 0.1) is 17.0 Å². The zero-order valence-corrected chi connectivity index (χ0v) is 15.5. The number of hydrogen-bond acceptors (Lipinski definition) is 3. The van der Waals surface area contributed by atoms with Crippen LogP contribution in [0.2, 0.25) is 0 Å². The number of amides is 2. The van der Waals surface area contributed by atoms with Gasteiger partial charge in [-0.1, -0.05) is 26.8 Å². The molecule has 1 aromatic rings. The third-order valence-corrected chi connectivity index (χ3v) is 4.34. The van der Waals surface area contributed by atoms with Crippen molar-refractivity contribution in [3.05, 3.63) is 35.4 Å². The van der Waals surface area contributed by atoms with E-state index in [0.29, 0.717) is 24.9 Å². The molecule has 1 aromatic carbocycles. The summed E-state index contributed by atoms with van der Waals surface area (Å²) in [7, 11) is 0. The Morgan fingerprint density at radius 3 is 2.58 bits per heavy atom. The van der Waals surface area contributed by atoms with E-state index >= 15 is 0 Å². The Kier molecular flexibility index (Phi) is 6.69. The van der Waals surface area contributed by atoms with Gasteiger partial charge in [0.05, 0.1) is 6.54 Å². The molecule has 2 amide bonds. The van der Waals surface area contributed by atoms with E-state index in [2.05, 4.69) is 16.0 Å². The van der Waals surface area contributed by atoms with Gasteiger partial charge < -0.3 is 16.0 Å². The van der Waals surface area contributed by atoms with Gasteiger partial charge in [0, 0.05) is 24.9 Å². The monoisotopic (exact) mass is 367 g/mol. The first-order chi connectivity index (χ1) is 12.2. The summed E-state index contributed by atoms with van der Waals surface area (Å²) >= 11 is 0. The van der Waals surface area contributed by atoms with Gasteiger partial charge in [-0.15, -0.1) is 0 Å². The van der Waals surface area contributed by atoms with E-state index < -0.39 is 11.6 Å². The molecule has 1 fully saturated rings. The number of halogens is 2. The van der Waals surface area contributed by atoms with Crippen LogP contribution in [0.15, 0.2) is 18.2 Å². The molecule has 0 saturated carbocycles. The second-order valence-corrected chi connectivity index (χ2v) is 7.96. The summed E-state index contributed by atoms with van der Waals surface area (Å²) in [6.45, 7) is 7.02. The highest BCUT2D eigenvalue weighted by molar-refractivity contribution is 5.85. The molecule has 0 aliphatic carbocycles. The number of carbonyl (C=O) groups is 2. The van der Waals surface area contributed by atoms with Crippen LogP contribution in [-0.4, -0.2) is 37.5 Å². The number of benzene rings is 1. The average Bonchev–Trinajstić information content (AvgIpc) is 2.55. The van der Waals surface area contributed by atoms with Crippen LogP contribution in [0.4, 0.5) is 8.78 Å². The molecular weight excluding hydrogens is 340 g/mol. The first-order valence-electron chi connectivity index (χ1n) is 8.87. The largest absolute Gasteiger partial charge is 0.350 e. The lowest BCUT2D eigenvalue weighted by atomic mass is 9.86. The predicted octanol–water partition coefficient (Wildman–Crippen LogP) is 2.08. The molecule has 1 saturated heterocycles.